The molecule has 5 rings (SSSR count). The van der Waals surface area contributed by atoms with Crippen molar-refractivity contribution < 1.29 is 19.0 Å². The van der Waals surface area contributed by atoms with Crippen LogP contribution in [0.15, 0.2) is 60.9 Å². The molecular weight excluding hydrogens is 537 g/mol. The maximum atomic E-state index is 14.3. The van der Waals surface area contributed by atoms with Gasteiger partial charge in [-0.2, -0.15) is 10.2 Å². The molecule has 0 atom stereocenters. The molecule has 40 heavy (non-hydrogen) atoms. The van der Waals surface area contributed by atoms with Gasteiger partial charge in [0, 0.05) is 79.7 Å². The molecule has 2 aromatic carbocycles. The molecule has 0 spiro atoms. The van der Waals surface area contributed by atoms with Gasteiger partial charge >= 0.3 is 6.09 Å². The average Bonchev–Trinajstić information content (AvgIpc) is 2.95. The molecule has 0 aliphatic carbocycles. The summed E-state index contributed by atoms with van der Waals surface area (Å²) in [7, 11) is 0. The number of nitrogens with one attached hydrogen (secondary N) is 2. The van der Waals surface area contributed by atoms with E-state index in [4.69, 9.17) is 21.4 Å². The number of nitrogens with zero attached hydrogens (tertiary/aromatic N) is 5. The summed E-state index contributed by atoms with van der Waals surface area (Å²) < 4.78 is 20.4. The quantitative estimate of drug-likeness (QED) is 0.256. The average molecular weight is 566 g/mol. The van der Waals surface area contributed by atoms with Crippen molar-refractivity contribution in [3.63, 3.8) is 0 Å². The molecule has 10 nitrogen and oxygen atoms in total. The second kappa shape index (κ2) is 12.9. The van der Waals surface area contributed by atoms with Crippen molar-refractivity contribution in [1.29, 1.82) is 0 Å². The van der Waals surface area contributed by atoms with Gasteiger partial charge in [-0.15, -0.1) is 0 Å². The van der Waals surface area contributed by atoms with E-state index < -0.39 is 11.9 Å². The van der Waals surface area contributed by atoms with Crippen LogP contribution >= 0.6 is 11.6 Å². The number of piperazine rings is 1. The molecule has 1 aliphatic rings. The fourth-order valence-corrected chi connectivity index (χ4v) is 4.76. The Kier molecular flexibility index (Phi) is 8.84. The monoisotopic (exact) mass is 565 g/mol. The van der Waals surface area contributed by atoms with E-state index in [2.05, 4.69) is 35.6 Å². The normalized spacial score (nSPS) is 14.2. The third-order valence-electron chi connectivity index (χ3n) is 6.70. The van der Waals surface area contributed by atoms with Gasteiger partial charge in [-0.05, 0) is 42.5 Å². The van der Waals surface area contributed by atoms with E-state index in [0.717, 1.165) is 61.6 Å². The third kappa shape index (κ3) is 7.12. The minimum atomic E-state index is -0.987. The summed E-state index contributed by atoms with van der Waals surface area (Å²) in [5.74, 6) is 0.311. The maximum absolute atomic E-state index is 14.3. The van der Waals surface area contributed by atoms with E-state index in [1.54, 1.807) is 18.5 Å². The first kappa shape index (κ1) is 27.5. The predicted octanol–water partition coefficient (Wildman–Crippen LogP) is 4.49. The number of benzene rings is 2. The molecule has 0 unspecified atom stereocenters. The topological polar surface area (TPSA) is 116 Å². The molecule has 1 saturated heterocycles. The number of amides is 1. The zero-order valence-corrected chi connectivity index (χ0v) is 22.4. The highest BCUT2D eigenvalue weighted by atomic mass is 35.5. The highest BCUT2D eigenvalue weighted by molar-refractivity contribution is 6.30. The number of hydrogen-bond donors (Lipinski definition) is 3. The van der Waals surface area contributed by atoms with Gasteiger partial charge in [0.2, 0.25) is 0 Å². The highest BCUT2D eigenvalue weighted by Crippen LogP contribution is 2.30. The third-order valence-corrected chi connectivity index (χ3v) is 6.93. The summed E-state index contributed by atoms with van der Waals surface area (Å²) in [6, 6.07) is 13.7. The molecular formula is C28H29ClFN7O3. The lowest BCUT2D eigenvalue weighted by Crippen LogP contribution is -2.49. The Bertz CT molecular complexity index is 1480. The van der Waals surface area contributed by atoms with Gasteiger partial charge in [0.05, 0.1) is 23.1 Å². The van der Waals surface area contributed by atoms with Gasteiger partial charge in [0.15, 0.2) is 0 Å². The van der Waals surface area contributed by atoms with E-state index >= 15 is 0 Å². The summed E-state index contributed by atoms with van der Waals surface area (Å²) in [6.45, 7) is 6.15. The molecule has 12 heteroatoms. The van der Waals surface area contributed by atoms with Crippen molar-refractivity contribution in [2.75, 3.05) is 57.7 Å². The highest BCUT2D eigenvalue weighted by Gasteiger charge is 2.16. The molecule has 3 heterocycles. The van der Waals surface area contributed by atoms with Gasteiger partial charge in [-0.3, -0.25) is 14.8 Å². The van der Waals surface area contributed by atoms with Crippen LogP contribution in [0.2, 0.25) is 5.02 Å². The fraction of sp³-hybridized carbons (Fsp3) is 0.286. The smallest absolute Gasteiger partial charge is 0.404 e. The zero-order chi connectivity index (χ0) is 27.9. The van der Waals surface area contributed by atoms with Gasteiger partial charge < -0.3 is 20.5 Å². The number of carboxylic acid groups (broad SMARTS) is 1. The first-order chi connectivity index (χ1) is 19.4. The van der Waals surface area contributed by atoms with Crippen LogP contribution in [0.25, 0.3) is 22.2 Å². The summed E-state index contributed by atoms with van der Waals surface area (Å²) in [6.07, 6.45) is 2.30. The molecule has 4 aromatic rings. The SMILES string of the molecule is O=C(O)NCCN1CCN(CCOc2ccc3c(Nc4cnnc(-c5cc(Cl)ccc5F)c4)ccnc3c2)CC1. The standard InChI is InChI=1S/C28H29ClFN7O3/c29-19-1-4-24(30)23(15-19)27-16-20(18-33-35-27)34-25-5-6-31-26-17-21(2-3-22(25)26)40-14-13-37-11-9-36(10-12-37)8-7-32-28(38)39/h1-6,15-18,32H,7-14H2,(H,38,39)(H,31,34,35). The Morgan fingerprint density at radius 2 is 1.85 bits per heavy atom. The van der Waals surface area contributed by atoms with Crippen LogP contribution in [0, 0.1) is 5.82 Å². The number of ether oxygens (including phenoxy) is 1. The minimum Gasteiger partial charge on any atom is -0.492 e. The van der Waals surface area contributed by atoms with E-state index in [-0.39, 0.29) is 5.56 Å². The second-order valence-electron chi connectivity index (χ2n) is 9.38. The number of rotatable bonds is 10. The van der Waals surface area contributed by atoms with Crippen LogP contribution in [-0.4, -0.2) is 88.6 Å². The number of fused-ring (bicyclic) bond motifs is 1. The maximum Gasteiger partial charge on any atom is 0.404 e. The van der Waals surface area contributed by atoms with Crippen molar-refractivity contribution >= 4 is 40.0 Å². The van der Waals surface area contributed by atoms with Crippen LogP contribution < -0.4 is 15.4 Å². The number of hydrogen-bond acceptors (Lipinski definition) is 8. The number of pyridine rings is 1. The van der Waals surface area contributed by atoms with Crippen molar-refractivity contribution in [1.82, 2.24) is 30.3 Å². The van der Waals surface area contributed by atoms with Crippen LogP contribution in [0.5, 0.6) is 5.75 Å². The van der Waals surface area contributed by atoms with Gasteiger partial charge in [0.25, 0.3) is 0 Å². The Hall–Kier alpha value is -4.06. The molecule has 0 saturated carbocycles. The Morgan fingerprint density at radius 3 is 2.65 bits per heavy atom. The zero-order valence-electron chi connectivity index (χ0n) is 21.7. The van der Waals surface area contributed by atoms with Gasteiger partial charge in [-0.1, -0.05) is 11.6 Å². The largest absolute Gasteiger partial charge is 0.492 e. The van der Waals surface area contributed by atoms with E-state index in [1.807, 2.05) is 24.3 Å². The second-order valence-corrected chi connectivity index (χ2v) is 9.82. The van der Waals surface area contributed by atoms with Crippen LogP contribution in [-0.2, 0) is 0 Å². The van der Waals surface area contributed by atoms with Crippen molar-refractivity contribution in [2.24, 2.45) is 0 Å². The van der Waals surface area contributed by atoms with Crippen molar-refractivity contribution in [3.8, 4) is 17.0 Å². The summed E-state index contributed by atoms with van der Waals surface area (Å²) in [4.78, 5) is 19.7. The predicted molar refractivity (Wildman–Crippen MR) is 152 cm³/mol. The summed E-state index contributed by atoms with van der Waals surface area (Å²) in [5.41, 5.74) is 2.89. The molecule has 2 aromatic heterocycles. The Balaban J connectivity index is 1.17. The number of aromatic nitrogens is 3. The lowest BCUT2D eigenvalue weighted by atomic mass is 10.1. The molecule has 0 bridgehead atoms. The van der Waals surface area contributed by atoms with Gasteiger partial charge in [0.1, 0.15) is 18.2 Å². The summed E-state index contributed by atoms with van der Waals surface area (Å²) in [5, 5.41) is 23.8. The van der Waals surface area contributed by atoms with Crippen LogP contribution in [0.3, 0.4) is 0 Å². The van der Waals surface area contributed by atoms with E-state index in [9.17, 15) is 9.18 Å². The Morgan fingerprint density at radius 1 is 1.05 bits per heavy atom. The first-order valence-corrected chi connectivity index (χ1v) is 13.3. The molecule has 1 amide bonds. The summed E-state index contributed by atoms with van der Waals surface area (Å²) >= 11 is 6.05. The molecule has 1 aliphatic heterocycles. The van der Waals surface area contributed by atoms with Crippen molar-refractivity contribution in [3.05, 3.63) is 71.8 Å². The lowest BCUT2D eigenvalue weighted by Gasteiger charge is -2.34. The molecule has 208 valence electrons. The number of halogens is 2. The number of carbonyl (C=O) groups is 1. The van der Waals surface area contributed by atoms with Gasteiger partial charge in [-0.25, -0.2) is 9.18 Å². The van der Waals surface area contributed by atoms with Crippen molar-refractivity contribution in [2.45, 2.75) is 0 Å². The Labute approximate surface area is 235 Å². The van der Waals surface area contributed by atoms with Crippen LogP contribution in [0.1, 0.15) is 0 Å². The van der Waals surface area contributed by atoms with Crippen LogP contribution in [0.4, 0.5) is 20.6 Å². The lowest BCUT2D eigenvalue weighted by molar-refractivity contribution is 0.117. The van der Waals surface area contributed by atoms with E-state index in [1.165, 1.54) is 18.2 Å². The fourth-order valence-electron chi connectivity index (χ4n) is 4.59. The van der Waals surface area contributed by atoms with E-state index in [0.29, 0.717) is 29.6 Å². The first-order valence-electron chi connectivity index (χ1n) is 12.9. The molecule has 3 N–H and O–H groups in total. The minimum absolute atomic E-state index is 0.278. The molecule has 0 radical (unpaired) electrons. The number of anilines is 2. The molecule has 1 fully saturated rings.